The highest BCUT2D eigenvalue weighted by Crippen LogP contribution is 2.20. The lowest BCUT2D eigenvalue weighted by Gasteiger charge is -2.41. The van der Waals surface area contributed by atoms with E-state index in [-0.39, 0.29) is 42.0 Å². The summed E-state index contributed by atoms with van der Waals surface area (Å²) in [5.74, 6) is 0.490. The SMILES string of the molecule is CN=C(NCC(=O)Nc1cc(Br)ccc1C)NCC(C)(C)N1CCOCC1.I. The van der Waals surface area contributed by atoms with Crippen LogP contribution in [0.5, 0.6) is 0 Å². The molecule has 7 nitrogen and oxygen atoms in total. The third kappa shape index (κ3) is 7.84. The van der Waals surface area contributed by atoms with E-state index in [1.54, 1.807) is 7.05 Å². The van der Waals surface area contributed by atoms with Crippen molar-refractivity contribution >= 4 is 57.5 Å². The van der Waals surface area contributed by atoms with Crippen molar-refractivity contribution in [1.82, 2.24) is 15.5 Å². The number of aryl methyl sites for hydroxylation is 1. The second-order valence-electron chi connectivity index (χ2n) is 7.20. The summed E-state index contributed by atoms with van der Waals surface area (Å²) in [6.07, 6.45) is 0. The number of benzene rings is 1. The fraction of sp³-hybridized carbons (Fsp3) is 0.579. The zero-order chi connectivity index (χ0) is 19.9. The van der Waals surface area contributed by atoms with Gasteiger partial charge in [0.1, 0.15) is 0 Å². The first-order valence-electron chi connectivity index (χ1n) is 9.15. The smallest absolute Gasteiger partial charge is 0.243 e. The maximum atomic E-state index is 12.3. The number of anilines is 1. The van der Waals surface area contributed by atoms with Crippen molar-refractivity contribution in [3.05, 3.63) is 28.2 Å². The Balaban J connectivity index is 0.00000392. The number of carbonyl (C=O) groups excluding carboxylic acids is 1. The highest BCUT2D eigenvalue weighted by Gasteiger charge is 2.28. The highest BCUT2D eigenvalue weighted by atomic mass is 127. The molecule has 1 aliphatic rings. The minimum atomic E-state index is -0.119. The van der Waals surface area contributed by atoms with E-state index in [1.165, 1.54) is 0 Å². The number of guanidine groups is 1. The summed E-state index contributed by atoms with van der Waals surface area (Å²) < 4.78 is 6.36. The maximum absolute atomic E-state index is 12.3. The van der Waals surface area contributed by atoms with Crippen molar-refractivity contribution in [3.8, 4) is 0 Å². The van der Waals surface area contributed by atoms with Gasteiger partial charge < -0.3 is 20.7 Å². The van der Waals surface area contributed by atoms with Gasteiger partial charge in [-0.25, -0.2) is 0 Å². The van der Waals surface area contributed by atoms with Crippen molar-refractivity contribution in [2.24, 2.45) is 4.99 Å². The van der Waals surface area contributed by atoms with E-state index >= 15 is 0 Å². The van der Waals surface area contributed by atoms with Gasteiger partial charge in [0.15, 0.2) is 5.96 Å². The Labute approximate surface area is 193 Å². The molecule has 158 valence electrons. The summed E-state index contributed by atoms with van der Waals surface area (Å²) in [7, 11) is 1.70. The molecule has 0 aliphatic carbocycles. The molecule has 1 fully saturated rings. The lowest BCUT2D eigenvalue weighted by molar-refractivity contribution is -0.115. The van der Waals surface area contributed by atoms with E-state index in [2.05, 4.69) is 55.6 Å². The number of amides is 1. The Hall–Kier alpha value is -0.910. The number of morpholine rings is 1. The van der Waals surface area contributed by atoms with Gasteiger partial charge in [0.2, 0.25) is 5.91 Å². The number of carbonyl (C=O) groups is 1. The zero-order valence-corrected chi connectivity index (χ0v) is 20.9. The molecule has 1 aliphatic heterocycles. The maximum Gasteiger partial charge on any atom is 0.243 e. The van der Waals surface area contributed by atoms with Gasteiger partial charge in [-0.15, -0.1) is 24.0 Å². The standard InChI is InChI=1S/C19H30BrN5O2.HI/c1-14-5-6-15(20)11-16(14)24-17(26)12-22-18(21-4)23-13-19(2,3)25-7-9-27-10-8-25;/h5-6,11H,7-10,12-13H2,1-4H3,(H,24,26)(H2,21,22,23);1H. The molecule has 0 unspecified atom stereocenters. The molecule has 0 aromatic heterocycles. The largest absolute Gasteiger partial charge is 0.379 e. The molecule has 28 heavy (non-hydrogen) atoms. The molecule has 1 aromatic carbocycles. The van der Waals surface area contributed by atoms with Gasteiger partial charge >= 0.3 is 0 Å². The third-order valence-corrected chi connectivity index (χ3v) is 5.16. The first-order valence-corrected chi connectivity index (χ1v) is 9.94. The monoisotopic (exact) mass is 567 g/mol. The molecular weight excluding hydrogens is 537 g/mol. The molecule has 9 heteroatoms. The van der Waals surface area contributed by atoms with Crippen molar-refractivity contribution in [2.75, 3.05) is 51.8 Å². The first-order chi connectivity index (χ1) is 12.8. The van der Waals surface area contributed by atoms with E-state index in [1.807, 2.05) is 25.1 Å². The van der Waals surface area contributed by atoms with Crippen molar-refractivity contribution < 1.29 is 9.53 Å². The predicted octanol–water partition coefficient (Wildman–Crippen LogP) is 2.59. The first kappa shape index (κ1) is 25.1. The van der Waals surface area contributed by atoms with Crippen LogP contribution in [0.15, 0.2) is 27.7 Å². The van der Waals surface area contributed by atoms with E-state index in [0.29, 0.717) is 5.96 Å². The summed E-state index contributed by atoms with van der Waals surface area (Å²) in [6.45, 7) is 10.6. The number of rotatable bonds is 6. The van der Waals surface area contributed by atoms with Crippen LogP contribution in [0.3, 0.4) is 0 Å². The molecule has 3 N–H and O–H groups in total. The summed E-state index contributed by atoms with van der Waals surface area (Å²) in [6, 6.07) is 5.80. The Morgan fingerprint density at radius 3 is 2.61 bits per heavy atom. The minimum Gasteiger partial charge on any atom is -0.379 e. The van der Waals surface area contributed by atoms with Crippen LogP contribution in [0.2, 0.25) is 0 Å². The summed E-state index contributed by atoms with van der Waals surface area (Å²) >= 11 is 3.42. The highest BCUT2D eigenvalue weighted by molar-refractivity contribution is 14.0. The van der Waals surface area contributed by atoms with Crippen LogP contribution < -0.4 is 16.0 Å². The van der Waals surface area contributed by atoms with Crippen molar-refractivity contribution in [1.29, 1.82) is 0 Å². The van der Waals surface area contributed by atoms with Crippen LogP contribution in [0.1, 0.15) is 19.4 Å². The second kappa shape index (κ2) is 11.9. The minimum absolute atomic E-state index is 0. The van der Waals surface area contributed by atoms with E-state index < -0.39 is 0 Å². The molecule has 0 bridgehead atoms. The lowest BCUT2D eigenvalue weighted by atomic mass is 10.0. The normalized spacial score (nSPS) is 15.5. The Morgan fingerprint density at radius 2 is 1.96 bits per heavy atom. The fourth-order valence-corrected chi connectivity index (χ4v) is 3.25. The van der Waals surface area contributed by atoms with Crippen LogP contribution in [0.25, 0.3) is 0 Å². The third-order valence-electron chi connectivity index (χ3n) is 4.67. The van der Waals surface area contributed by atoms with E-state index in [9.17, 15) is 4.79 Å². The molecule has 1 amide bonds. The summed E-state index contributed by atoms with van der Waals surface area (Å²) in [5, 5.41) is 9.30. The van der Waals surface area contributed by atoms with E-state index in [0.717, 1.165) is 48.6 Å². The van der Waals surface area contributed by atoms with Crippen LogP contribution >= 0.6 is 39.9 Å². The van der Waals surface area contributed by atoms with Crippen LogP contribution in [-0.2, 0) is 9.53 Å². The number of nitrogens with one attached hydrogen (secondary N) is 3. The Morgan fingerprint density at radius 1 is 1.29 bits per heavy atom. The lowest BCUT2D eigenvalue weighted by Crippen LogP contribution is -2.56. The second-order valence-corrected chi connectivity index (χ2v) is 8.11. The molecule has 0 saturated carbocycles. The van der Waals surface area contributed by atoms with Gasteiger partial charge in [-0.1, -0.05) is 22.0 Å². The predicted molar refractivity (Wildman–Crippen MR) is 129 cm³/mol. The van der Waals surface area contributed by atoms with E-state index in [4.69, 9.17) is 4.74 Å². The number of ether oxygens (including phenoxy) is 1. The average Bonchev–Trinajstić information content (AvgIpc) is 2.65. The molecule has 2 rings (SSSR count). The topological polar surface area (TPSA) is 78.0 Å². The van der Waals surface area contributed by atoms with Crippen LogP contribution in [0.4, 0.5) is 5.69 Å². The van der Waals surface area contributed by atoms with Crippen LogP contribution in [0, 0.1) is 6.92 Å². The molecular formula is C19H31BrIN5O2. The molecule has 0 spiro atoms. The van der Waals surface area contributed by atoms with Crippen molar-refractivity contribution in [2.45, 2.75) is 26.3 Å². The Kier molecular flexibility index (Phi) is 10.7. The molecule has 0 atom stereocenters. The molecule has 1 heterocycles. The summed E-state index contributed by atoms with van der Waals surface area (Å²) in [5.41, 5.74) is 1.78. The molecule has 0 radical (unpaired) electrons. The van der Waals surface area contributed by atoms with Gasteiger partial charge in [-0.3, -0.25) is 14.7 Å². The molecule has 1 aromatic rings. The van der Waals surface area contributed by atoms with Gasteiger partial charge in [0.25, 0.3) is 0 Å². The summed E-state index contributed by atoms with van der Waals surface area (Å²) in [4.78, 5) is 18.9. The Bertz CT molecular complexity index is 678. The molecule has 1 saturated heterocycles. The average molecular weight is 568 g/mol. The number of aliphatic imine (C=N–C) groups is 1. The number of hydrogen-bond acceptors (Lipinski definition) is 4. The number of hydrogen-bond donors (Lipinski definition) is 3. The van der Waals surface area contributed by atoms with Gasteiger partial charge in [0.05, 0.1) is 19.8 Å². The quantitative estimate of drug-likeness (QED) is 0.280. The van der Waals surface area contributed by atoms with Gasteiger partial charge in [-0.05, 0) is 38.5 Å². The van der Waals surface area contributed by atoms with Gasteiger partial charge in [-0.2, -0.15) is 0 Å². The van der Waals surface area contributed by atoms with Gasteiger partial charge in [0, 0.05) is 42.4 Å². The number of nitrogens with zero attached hydrogens (tertiary/aromatic N) is 2. The number of halogens is 2. The fourth-order valence-electron chi connectivity index (χ4n) is 2.89. The van der Waals surface area contributed by atoms with Crippen LogP contribution in [-0.4, -0.2) is 68.7 Å². The zero-order valence-electron chi connectivity index (χ0n) is 17.0. The van der Waals surface area contributed by atoms with Crippen molar-refractivity contribution in [3.63, 3.8) is 0 Å².